The molecule has 1 aliphatic heterocycles. The maximum absolute atomic E-state index is 13.9. The molecular formula is C23H27FN4O2. The average molecular weight is 410 g/mol. The van der Waals surface area contributed by atoms with Gasteiger partial charge >= 0.3 is 0 Å². The summed E-state index contributed by atoms with van der Waals surface area (Å²) in [7, 11) is 0. The van der Waals surface area contributed by atoms with Gasteiger partial charge in [-0.3, -0.25) is 14.3 Å². The first-order valence-electron chi connectivity index (χ1n) is 10.6. The summed E-state index contributed by atoms with van der Waals surface area (Å²) in [6.45, 7) is 5.39. The van der Waals surface area contributed by atoms with Gasteiger partial charge in [0.1, 0.15) is 5.82 Å². The van der Waals surface area contributed by atoms with Gasteiger partial charge in [-0.2, -0.15) is 10.4 Å². The summed E-state index contributed by atoms with van der Waals surface area (Å²) in [5.74, 6) is -0.0482. The number of amides is 1. The maximum Gasteiger partial charge on any atom is 0.249 e. The molecule has 1 aromatic carbocycles. The fraction of sp³-hybridized carbons (Fsp3) is 0.522. The molecule has 1 aliphatic carbocycles. The third-order valence-electron chi connectivity index (χ3n) is 6.29. The van der Waals surface area contributed by atoms with Crippen LogP contribution in [-0.2, 0) is 16.2 Å². The van der Waals surface area contributed by atoms with Gasteiger partial charge in [0, 0.05) is 24.6 Å². The second-order valence-corrected chi connectivity index (χ2v) is 8.51. The van der Waals surface area contributed by atoms with Gasteiger partial charge in [0.25, 0.3) is 0 Å². The van der Waals surface area contributed by atoms with Crippen LogP contribution in [0.3, 0.4) is 0 Å². The molecule has 0 unspecified atom stereocenters. The van der Waals surface area contributed by atoms with Gasteiger partial charge < -0.3 is 0 Å². The zero-order valence-electron chi connectivity index (χ0n) is 17.5. The molecular weight excluding hydrogens is 383 g/mol. The molecule has 4 rings (SSSR count). The van der Waals surface area contributed by atoms with Crippen LogP contribution in [0, 0.1) is 42.8 Å². The normalized spacial score (nSPS) is 24.1. The smallest absolute Gasteiger partial charge is 0.249 e. The number of aryl methyl sites for hydroxylation is 2. The van der Waals surface area contributed by atoms with Crippen LogP contribution in [0.15, 0.2) is 24.3 Å². The predicted molar refractivity (Wildman–Crippen MR) is 108 cm³/mol. The van der Waals surface area contributed by atoms with E-state index < -0.39 is 5.82 Å². The molecule has 1 aromatic heterocycles. The molecule has 158 valence electrons. The summed E-state index contributed by atoms with van der Waals surface area (Å²) in [4.78, 5) is 18.8. The number of hydrogen-bond acceptors (Lipinski definition) is 4. The number of aromatic nitrogens is 2. The van der Waals surface area contributed by atoms with E-state index in [0.717, 1.165) is 37.9 Å². The zero-order chi connectivity index (χ0) is 21.3. The lowest BCUT2D eigenvalue weighted by molar-refractivity contribution is -0.183. The molecule has 1 saturated carbocycles. The summed E-state index contributed by atoms with van der Waals surface area (Å²) in [6, 6.07) is 7.97. The Bertz CT molecular complexity index is 972. The molecule has 0 N–H and O–H groups in total. The summed E-state index contributed by atoms with van der Waals surface area (Å²) >= 11 is 0. The van der Waals surface area contributed by atoms with E-state index in [1.807, 2.05) is 13.0 Å². The Morgan fingerprint density at radius 3 is 2.63 bits per heavy atom. The van der Waals surface area contributed by atoms with Crippen molar-refractivity contribution < 1.29 is 14.0 Å². The van der Waals surface area contributed by atoms with Crippen molar-refractivity contribution in [2.24, 2.45) is 11.8 Å². The molecule has 30 heavy (non-hydrogen) atoms. The lowest BCUT2D eigenvalue weighted by atomic mass is 9.81. The van der Waals surface area contributed by atoms with Crippen LogP contribution in [0.5, 0.6) is 0 Å². The van der Waals surface area contributed by atoms with E-state index in [2.05, 4.69) is 22.8 Å². The van der Waals surface area contributed by atoms with Crippen molar-refractivity contribution in [1.82, 2.24) is 14.8 Å². The van der Waals surface area contributed by atoms with Gasteiger partial charge in [-0.15, -0.1) is 0 Å². The van der Waals surface area contributed by atoms with Crippen molar-refractivity contribution >= 4 is 5.91 Å². The van der Waals surface area contributed by atoms with Crippen molar-refractivity contribution in [3.8, 4) is 6.07 Å². The first-order valence-corrected chi connectivity index (χ1v) is 10.6. The van der Waals surface area contributed by atoms with Gasteiger partial charge in [0.15, 0.2) is 0 Å². The molecule has 7 heteroatoms. The Labute approximate surface area is 176 Å². The number of benzene rings is 1. The molecule has 6 nitrogen and oxygen atoms in total. The van der Waals surface area contributed by atoms with Crippen molar-refractivity contribution in [3.63, 3.8) is 0 Å². The number of carbonyl (C=O) groups excluding carboxylic acids is 1. The molecule has 0 radical (unpaired) electrons. The minimum absolute atomic E-state index is 0.0233. The largest absolute Gasteiger partial charge is 0.272 e. The number of halogens is 1. The number of carbonyl (C=O) groups is 1. The van der Waals surface area contributed by atoms with Crippen molar-refractivity contribution in [3.05, 3.63) is 52.6 Å². The molecule has 0 bridgehead atoms. The molecule has 2 aliphatic rings. The van der Waals surface area contributed by atoms with E-state index in [-0.39, 0.29) is 23.4 Å². The number of rotatable bonds is 4. The quantitative estimate of drug-likeness (QED) is 0.757. The maximum atomic E-state index is 13.9. The van der Waals surface area contributed by atoms with Crippen LogP contribution >= 0.6 is 0 Å². The van der Waals surface area contributed by atoms with Crippen LogP contribution in [0.25, 0.3) is 0 Å². The van der Waals surface area contributed by atoms with E-state index in [1.54, 1.807) is 6.07 Å². The summed E-state index contributed by atoms with van der Waals surface area (Å²) in [6.07, 6.45) is 4.20. The second-order valence-electron chi connectivity index (χ2n) is 8.51. The van der Waals surface area contributed by atoms with Crippen LogP contribution in [-0.4, -0.2) is 27.4 Å². The minimum Gasteiger partial charge on any atom is -0.272 e. The molecule has 1 atom stereocenters. The van der Waals surface area contributed by atoms with E-state index in [4.69, 9.17) is 10.1 Å². The topological polar surface area (TPSA) is 71.2 Å². The highest BCUT2D eigenvalue weighted by molar-refractivity contribution is 5.78. The third kappa shape index (κ3) is 4.24. The predicted octanol–water partition coefficient (Wildman–Crippen LogP) is 4.22. The summed E-state index contributed by atoms with van der Waals surface area (Å²) < 4.78 is 16.0. The van der Waals surface area contributed by atoms with E-state index in [1.165, 1.54) is 22.9 Å². The average Bonchev–Trinajstić information content (AvgIpc) is 3.34. The van der Waals surface area contributed by atoms with Gasteiger partial charge in [-0.05, 0) is 75.3 Å². The number of hydroxylamine groups is 2. The highest BCUT2D eigenvalue weighted by Gasteiger charge is 2.37. The Kier molecular flexibility index (Phi) is 5.87. The Morgan fingerprint density at radius 2 is 1.97 bits per heavy atom. The molecule has 2 heterocycles. The highest BCUT2D eigenvalue weighted by atomic mass is 19.1. The first-order chi connectivity index (χ1) is 14.4. The minimum atomic E-state index is -0.465. The number of hydrogen-bond donors (Lipinski definition) is 0. The molecule has 1 saturated heterocycles. The van der Waals surface area contributed by atoms with Crippen LogP contribution in [0.1, 0.15) is 60.7 Å². The lowest BCUT2D eigenvalue weighted by Crippen LogP contribution is -2.37. The molecule has 2 aromatic rings. The van der Waals surface area contributed by atoms with E-state index in [9.17, 15) is 9.18 Å². The SMILES string of the molecule is Cc1cc(C)n(C[C@H]2CC[C@H](C(=O)N3OCC[C@H]3c3cc(F)cc(C#N)c3)CC2)n1. The standard InChI is InChI=1S/C23H27FN4O2/c1-15-9-16(2)27(26-15)14-17-3-5-19(6-4-17)23(29)28-22(7-8-30-28)20-10-18(13-25)11-21(24)12-20/h9-12,17,19,22H,3-8,14H2,1-2H3/t17-,19-,22-/m0/s1. The monoisotopic (exact) mass is 410 g/mol. The Morgan fingerprint density at radius 1 is 1.20 bits per heavy atom. The fourth-order valence-corrected chi connectivity index (χ4v) is 4.73. The van der Waals surface area contributed by atoms with Gasteiger partial charge in [-0.25, -0.2) is 9.45 Å². The van der Waals surface area contributed by atoms with Gasteiger partial charge in [-0.1, -0.05) is 0 Å². The van der Waals surface area contributed by atoms with Crippen LogP contribution < -0.4 is 0 Å². The number of nitriles is 1. The Balaban J connectivity index is 1.39. The van der Waals surface area contributed by atoms with E-state index >= 15 is 0 Å². The second kappa shape index (κ2) is 8.57. The van der Waals surface area contributed by atoms with Crippen molar-refractivity contribution in [1.29, 1.82) is 5.26 Å². The van der Waals surface area contributed by atoms with Gasteiger partial charge in [0.2, 0.25) is 5.91 Å². The summed E-state index contributed by atoms with van der Waals surface area (Å²) in [5.41, 5.74) is 3.08. The van der Waals surface area contributed by atoms with Crippen LogP contribution in [0.2, 0.25) is 0 Å². The fourth-order valence-electron chi connectivity index (χ4n) is 4.73. The Hall–Kier alpha value is -2.72. The lowest BCUT2D eigenvalue weighted by Gasteiger charge is -2.32. The third-order valence-corrected chi connectivity index (χ3v) is 6.29. The molecule has 0 spiro atoms. The molecule has 1 amide bonds. The van der Waals surface area contributed by atoms with E-state index in [0.29, 0.717) is 24.5 Å². The zero-order valence-corrected chi connectivity index (χ0v) is 17.5. The van der Waals surface area contributed by atoms with Crippen LogP contribution in [0.4, 0.5) is 4.39 Å². The molecule has 2 fully saturated rings. The van der Waals surface area contributed by atoms with Gasteiger partial charge in [0.05, 0.1) is 30.0 Å². The first kappa shape index (κ1) is 20.5. The highest BCUT2D eigenvalue weighted by Crippen LogP contribution is 2.37. The summed E-state index contributed by atoms with van der Waals surface area (Å²) in [5, 5.41) is 15.1. The van der Waals surface area contributed by atoms with Crippen molar-refractivity contribution in [2.75, 3.05) is 6.61 Å². The van der Waals surface area contributed by atoms with Crippen molar-refractivity contribution in [2.45, 2.75) is 58.5 Å². The number of nitrogens with zero attached hydrogens (tertiary/aromatic N) is 4.